The van der Waals surface area contributed by atoms with Crippen molar-refractivity contribution in [3.8, 4) is 62.1 Å². The van der Waals surface area contributed by atoms with Gasteiger partial charge in [0.25, 0.3) is 0 Å². The largest absolute Gasteiger partial charge is 0.456 e. The molecule has 0 fully saturated rings. The summed E-state index contributed by atoms with van der Waals surface area (Å²) in [6.45, 7) is 0. The number of aromatic nitrogens is 4. The molecule has 0 bridgehead atoms. The Bertz CT molecular complexity index is 4600. The van der Waals surface area contributed by atoms with E-state index in [0.29, 0.717) is 17.5 Å². The predicted octanol–water partition coefficient (Wildman–Crippen LogP) is 17.5. The maximum atomic E-state index is 6.57. The van der Waals surface area contributed by atoms with Gasteiger partial charge in [-0.05, 0) is 101 Å². The second-order valence-electron chi connectivity index (χ2n) is 17.9. The van der Waals surface area contributed by atoms with E-state index in [0.717, 1.165) is 77.4 Å². The Kier molecular flexibility index (Phi) is 8.43. The quantitative estimate of drug-likeness (QED) is 0.166. The molecule has 7 heteroatoms. The molecule has 5 heterocycles. The van der Waals surface area contributed by atoms with Crippen LogP contribution in [0, 0.1) is 0 Å². The molecule has 15 aromatic rings. The lowest BCUT2D eigenvalue weighted by molar-refractivity contribution is 0.668. The molecule has 70 heavy (non-hydrogen) atoms. The lowest BCUT2D eigenvalue weighted by Crippen LogP contribution is -2.00. The molecule has 0 radical (unpaired) electrons. The molecule has 0 saturated carbocycles. The summed E-state index contributed by atoms with van der Waals surface area (Å²) >= 11 is 1.86. The molecule has 0 saturated heterocycles. The van der Waals surface area contributed by atoms with Gasteiger partial charge in [0.15, 0.2) is 17.5 Å². The minimum atomic E-state index is 0.562. The van der Waals surface area contributed by atoms with Gasteiger partial charge in [-0.2, -0.15) is 0 Å². The summed E-state index contributed by atoms with van der Waals surface area (Å²) in [5.74, 6) is 1.72. The predicted molar refractivity (Wildman–Crippen MR) is 289 cm³/mol. The van der Waals surface area contributed by atoms with Gasteiger partial charge in [-0.25, -0.2) is 15.0 Å². The monoisotopic (exact) mass is 912 g/mol. The number of para-hydroxylation sites is 3. The van der Waals surface area contributed by atoms with Crippen molar-refractivity contribution in [3.63, 3.8) is 0 Å². The Morgan fingerprint density at radius 3 is 1.81 bits per heavy atom. The van der Waals surface area contributed by atoms with Crippen LogP contribution >= 0.6 is 11.3 Å². The van der Waals surface area contributed by atoms with Crippen LogP contribution in [0.3, 0.4) is 0 Å². The van der Waals surface area contributed by atoms with Crippen LogP contribution in [0.1, 0.15) is 0 Å². The summed E-state index contributed by atoms with van der Waals surface area (Å²) in [5, 5.41) is 9.07. The minimum absolute atomic E-state index is 0.562. The molecule has 15 rings (SSSR count). The molecule has 0 aliphatic rings. The summed E-state index contributed by atoms with van der Waals surface area (Å²) in [7, 11) is 0. The van der Waals surface area contributed by atoms with E-state index in [1.54, 1.807) is 0 Å². The van der Waals surface area contributed by atoms with Crippen molar-refractivity contribution in [2.75, 3.05) is 0 Å². The highest BCUT2D eigenvalue weighted by Gasteiger charge is 2.21. The Balaban J connectivity index is 0.847. The van der Waals surface area contributed by atoms with Crippen LogP contribution in [0.4, 0.5) is 0 Å². The first-order valence-electron chi connectivity index (χ1n) is 23.4. The van der Waals surface area contributed by atoms with E-state index in [1.165, 1.54) is 53.1 Å². The number of fused-ring (bicyclic) bond motifs is 12. The number of rotatable bonds is 6. The molecule has 326 valence electrons. The molecule has 0 spiro atoms. The van der Waals surface area contributed by atoms with Crippen LogP contribution in [-0.4, -0.2) is 19.5 Å². The van der Waals surface area contributed by atoms with E-state index in [4.69, 9.17) is 23.8 Å². The van der Waals surface area contributed by atoms with Crippen LogP contribution in [0.2, 0.25) is 0 Å². The Hall–Kier alpha value is -9.17. The summed E-state index contributed by atoms with van der Waals surface area (Å²) < 4.78 is 17.8. The van der Waals surface area contributed by atoms with Gasteiger partial charge in [-0.1, -0.05) is 140 Å². The van der Waals surface area contributed by atoms with Crippen molar-refractivity contribution < 1.29 is 8.83 Å². The second-order valence-corrected chi connectivity index (χ2v) is 18.9. The lowest BCUT2D eigenvalue weighted by atomic mass is 9.98. The smallest absolute Gasteiger partial charge is 0.164 e. The molecule has 0 atom stereocenters. The fourth-order valence-corrected chi connectivity index (χ4v) is 11.8. The van der Waals surface area contributed by atoms with Gasteiger partial charge in [0.05, 0.1) is 11.0 Å². The van der Waals surface area contributed by atoms with Crippen LogP contribution in [0.25, 0.3) is 148 Å². The molecule has 5 aromatic heterocycles. The third kappa shape index (κ3) is 6.02. The first-order valence-corrected chi connectivity index (χ1v) is 24.2. The van der Waals surface area contributed by atoms with E-state index in [9.17, 15) is 0 Å². The maximum absolute atomic E-state index is 6.57. The Labute approximate surface area is 404 Å². The third-order valence-electron chi connectivity index (χ3n) is 13.9. The summed E-state index contributed by atoms with van der Waals surface area (Å²) in [6, 6.07) is 76.9. The van der Waals surface area contributed by atoms with Crippen LogP contribution in [0.5, 0.6) is 0 Å². The molecular formula is C63H36N4O2S. The highest BCUT2D eigenvalue weighted by Crippen LogP contribution is 2.44. The van der Waals surface area contributed by atoms with Gasteiger partial charge >= 0.3 is 0 Å². The topological polar surface area (TPSA) is 69.9 Å². The van der Waals surface area contributed by atoms with Crippen LogP contribution < -0.4 is 0 Å². The van der Waals surface area contributed by atoms with E-state index < -0.39 is 0 Å². The van der Waals surface area contributed by atoms with Crippen molar-refractivity contribution in [2.24, 2.45) is 0 Å². The maximum Gasteiger partial charge on any atom is 0.164 e. The van der Waals surface area contributed by atoms with Gasteiger partial charge in [-0.3, -0.25) is 0 Å². The Morgan fingerprint density at radius 1 is 0.329 bits per heavy atom. The molecule has 0 amide bonds. The highest BCUT2D eigenvalue weighted by molar-refractivity contribution is 7.26. The summed E-state index contributed by atoms with van der Waals surface area (Å²) in [6.07, 6.45) is 0. The fourth-order valence-electron chi connectivity index (χ4n) is 10.6. The SMILES string of the molecule is c1ccc(-c2nc(-c3ccc4c(c3)oc3ccccc34)nc(-c3cccc4oc5ccc(-c6ccc7sc8c(-c9ccc%10c(c9)c9ccccc9n%10-c9ccccc9)cccc8c7c6)cc5c34)n2)cc1. The van der Waals surface area contributed by atoms with Crippen molar-refractivity contribution in [1.82, 2.24) is 19.5 Å². The number of hydrogen-bond acceptors (Lipinski definition) is 6. The fraction of sp³-hybridized carbons (Fsp3) is 0. The molecule has 0 aliphatic carbocycles. The molecule has 0 N–H and O–H groups in total. The Morgan fingerprint density at radius 2 is 0.929 bits per heavy atom. The first kappa shape index (κ1) is 38.9. The highest BCUT2D eigenvalue weighted by atomic mass is 32.1. The standard InChI is InChI=1S/C63H36N4O2S/c1-3-13-37(14-4-1)61-64-62(41-25-29-46-45-18-8-10-23-54(45)69-57(46)36-41)66-63(65-61)48-21-12-24-56-59(48)51-34-38(27-31-55(51)68-56)39-28-32-58-50(33-39)47-20-11-19-43(60(47)70-58)40-26-30-53-49(35-40)44-17-7-9-22-52(44)67(53)42-15-5-2-6-16-42/h1-36H. The summed E-state index contributed by atoms with van der Waals surface area (Å²) in [4.78, 5) is 15.4. The van der Waals surface area contributed by atoms with Gasteiger partial charge in [0, 0.05) is 74.9 Å². The molecular weight excluding hydrogens is 877 g/mol. The first-order chi connectivity index (χ1) is 34.7. The van der Waals surface area contributed by atoms with E-state index in [-0.39, 0.29) is 0 Å². The molecule has 10 aromatic carbocycles. The number of benzene rings is 10. The lowest BCUT2D eigenvalue weighted by Gasteiger charge is -2.09. The number of furan rings is 2. The average molecular weight is 913 g/mol. The zero-order valence-corrected chi connectivity index (χ0v) is 38.1. The zero-order chi connectivity index (χ0) is 45.9. The van der Waals surface area contributed by atoms with E-state index in [2.05, 4.69) is 156 Å². The van der Waals surface area contributed by atoms with Gasteiger partial charge in [-0.15, -0.1) is 11.3 Å². The van der Waals surface area contributed by atoms with Crippen LogP contribution in [-0.2, 0) is 0 Å². The molecule has 0 aliphatic heterocycles. The molecule has 6 nitrogen and oxygen atoms in total. The second kappa shape index (κ2) is 15.2. The van der Waals surface area contributed by atoms with Crippen LogP contribution in [0.15, 0.2) is 227 Å². The van der Waals surface area contributed by atoms with Crippen molar-refractivity contribution >= 4 is 97.2 Å². The van der Waals surface area contributed by atoms with Crippen molar-refractivity contribution in [1.29, 1.82) is 0 Å². The normalized spacial score (nSPS) is 12.0. The number of thiophene rings is 1. The van der Waals surface area contributed by atoms with Gasteiger partial charge in [0.1, 0.15) is 22.3 Å². The number of hydrogen-bond donors (Lipinski definition) is 0. The minimum Gasteiger partial charge on any atom is -0.456 e. The van der Waals surface area contributed by atoms with Gasteiger partial charge in [0.2, 0.25) is 0 Å². The van der Waals surface area contributed by atoms with Crippen molar-refractivity contribution in [3.05, 3.63) is 218 Å². The van der Waals surface area contributed by atoms with Gasteiger partial charge < -0.3 is 13.4 Å². The zero-order valence-electron chi connectivity index (χ0n) is 37.3. The third-order valence-corrected chi connectivity index (χ3v) is 15.1. The van der Waals surface area contributed by atoms with E-state index in [1.807, 2.05) is 78.1 Å². The summed E-state index contributed by atoms with van der Waals surface area (Å²) in [5.41, 5.74) is 14.1. The molecule has 0 unspecified atom stereocenters. The average Bonchev–Trinajstić information content (AvgIpc) is 4.19. The van der Waals surface area contributed by atoms with E-state index >= 15 is 0 Å². The number of nitrogens with zero attached hydrogens (tertiary/aromatic N) is 4. The van der Waals surface area contributed by atoms with Crippen molar-refractivity contribution in [2.45, 2.75) is 0 Å².